The molecule has 0 saturated carbocycles. The van der Waals surface area contributed by atoms with Crippen molar-refractivity contribution < 1.29 is 14.3 Å². The number of rotatable bonds is 2. The van der Waals surface area contributed by atoms with Crippen molar-refractivity contribution in [1.29, 1.82) is 0 Å². The fourth-order valence-corrected chi connectivity index (χ4v) is 1.74. The minimum Gasteiger partial charge on any atom is -0.497 e. The second kappa shape index (κ2) is 5.34. The molecule has 94 valence electrons. The van der Waals surface area contributed by atoms with Crippen LogP contribution in [0, 0.1) is 0 Å². The molecule has 0 fully saturated rings. The Balaban J connectivity index is 2.22. The lowest BCUT2D eigenvalue weighted by atomic mass is 10.3. The molecule has 0 spiro atoms. The van der Waals surface area contributed by atoms with Crippen LogP contribution in [0.25, 0.3) is 0 Å². The number of nitrogens with two attached hydrogens (primary N) is 1. The van der Waals surface area contributed by atoms with Gasteiger partial charge in [-0.15, -0.1) is 0 Å². The van der Waals surface area contributed by atoms with Crippen LogP contribution >= 0.6 is 22.6 Å². The van der Waals surface area contributed by atoms with E-state index in [0.717, 1.165) is 0 Å². The Morgan fingerprint density at radius 3 is 2.78 bits per heavy atom. The van der Waals surface area contributed by atoms with E-state index in [2.05, 4.69) is 9.98 Å². The van der Waals surface area contributed by atoms with Crippen LogP contribution in [0.4, 0.5) is 0 Å². The molecule has 1 unspecified atom stereocenters. The Bertz CT molecular complexity index is 542. The number of carbonyl (C=O) groups is 1. The molecule has 1 aromatic carbocycles. The number of ether oxygens (including phenoxy) is 2. The topological polar surface area (TPSA) is 86.3 Å². The molecular weight excluding hydrogens is 349 g/mol. The zero-order chi connectivity index (χ0) is 13.1. The highest BCUT2D eigenvalue weighted by atomic mass is 127. The summed E-state index contributed by atoms with van der Waals surface area (Å²) < 4.78 is 10.0. The predicted octanol–water partition coefficient (Wildman–Crippen LogP) is 1.13. The number of alkyl halides is 1. The third-order valence-corrected chi connectivity index (χ3v) is 3.21. The van der Waals surface area contributed by atoms with Crippen LogP contribution in [0.3, 0.4) is 0 Å². The maximum atomic E-state index is 11.5. The van der Waals surface area contributed by atoms with Gasteiger partial charge in [-0.1, -0.05) is 28.7 Å². The number of hydrogen-bond donors (Lipinski definition) is 1. The first-order valence-corrected chi connectivity index (χ1v) is 6.27. The van der Waals surface area contributed by atoms with Gasteiger partial charge in [0.05, 0.1) is 7.11 Å². The number of halogens is 1. The van der Waals surface area contributed by atoms with E-state index in [1.54, 1.807) is 31.4 Å². The van der Waals surface area contributed by atoms with Gasteiger partial charge in [-0.2, -0.15) is 9.98 Å². The number of nitrogens with zero attached hydrogens (tertiary/aromatic N) is 2. The molecule has 18 heavy (non-hydrogen) atoms. The van der Waals surface area contributed by atoms with Crippen LogP contribution in [0.5, 0.6) is 11.5 Å². The summed E-state index contributed by atoms with van der Waals surface area (Å²) in [5.41, 5.74) is 5.42. The number of benzene rings is 1. The van der Waals surface area contributed by atoms with E-state index in [0.29, 0.717) is 11.5 Å². The van der Waals surface area contributed by atoms with Crippen LogP contribution in [-0.4, -0.2) is 28.8 Å². The minimum atomic E-state index is -0.568. The lowest BCUT2D eigenvalue weighted by Crippen LogP contribution is -2.34. The normalized spacial score (nSPS) is 19.0. The maximum Gasteiger partial charge on any atom is 0.271 e. The number of guanidine groups is 1. The summed E-state index contributed by atoms with van der Waals surface area (Å²) in [7, 11) is 1.56. The highest BCUT2D eigenvalue weighted by Gasteiger charge is 2.27. The second-order valence-corrected chi connectivity index (χ2v) is 4.65. The number of methoxy groups -OCH3 is 1. The summed E-state index contributed by atoms with van der Waals surface area (Å²) in [5, 5.41) is 0. The summed E-state index contributed by atoms with van der Waals surface area (Å²) >= 11 is 1.90. The van der Waals surface area contributed by atoms with Gasteiger partial charge in [-0.05, 0) is 12.1 Å². The molecule has 1 aliphatic rings. The average Bonchev–Trinajstić information content (AvgIpc) is 2.35. The summed E-state index contributed by atoms with van der Waals surface area (Å²) in [4.78, 5) is 18.9. The Kier molecular flexibility index (Phi) is 3.80. The lowest BCUT2D eigenvalue weighted by Gasteiger charge is -2.15. The predicted molar refractivity (Wildman–Crippen MR) is 75.5 cm³/mol. The zero-order valence-corrected chi connectivity index (χ0v) is 11.6. The van der Waals surface area contributed by atoms with E-state index in [4.69, 9.17) is 15.2 Å². The molecule has 2 N–H and O–H groups in total. The Hall–Kier alpha value is -1.64. The van der Waals surface area contributed by atoms with Crippen molar-refractivity contribution >= 4 is 40.4 Å². The molecular formula is C11H10IN3O3. The van der Waals surface area contributed by atoms with Gasteiger partial charge in [-0.25, -0.2) is 0 Å². The first kappa shape index (κ1) is 12.8. The van der Waals surface area contributed by atoms with Crippen molar-refractivity contribution in [2.24, 2.45) is 15.7 Å². The summed E-state index contributed by atoms with van der Waals surface area (Å²) in [6.45, 7) is 0. The third-order valence-electron chi connectivity index (χ3n) is 2.15. The molecule has 1 atom stereocenters. The summed E-state index contributed by atoms with van der Waals surface area (Å²) in [6.07, 6.45) is 0. The van der Waals surface area contributed by atoms with Gasteiger partial charge in [0, 0.05) is 6.07 Å². The fourth-order valence-electron chi connectivity index (χ4n) is 1.33. The molecule has 6 nitrogen and oxygen atoms in total. The van der Waals surface area contributed by atoms with Crippen LogP contribution in [0.15, 0.2) is 34.3 Å². The van der Waals surface area contributed by atoms with Crippen molar-refractivity contribution in [2.75, 3.05) is 7.11 Å². The van der Waals surface area contributed by atoms with Gasteiger partial charge in [0.15, 0.2) is 3.92 Å². The molecule has 0 saturated heterocycles. The summed E-state index contributed by atoms with van der Waals surface area (Å²) in [6, 6.07) is 7.00. The van der Waals surface area contributed by atoms with E-state index in [-0.39, 0.29) is 17.8 Å². The van der Waals surface area contributed by atoms with Crippen molar-refractivity contribution in [3.8, 4) is 11.5 Å². The smallest absolute Gasteiger partial charge is 0.271 e. The molecule has 1 heterocycles. The third kappa shape index (κ3) is 2.78. The van der Waals surface area contributed by atoms with Crippen molar-refractivity contribution in [1.82, 2.24) is 0 Å². The maximum absolute atomic E-state index is 11.5. The van der Waals surface area contributed by atoms with E-state index in [1.165, 1.54) is 0 Å². The van der Waals surface area contributed by atoms with Gasteiger partial charge in [0.2, 0.25) is 11.9 Å². The van der Waals surface area contributed by atoms with E-state index >= 15 is 0 Å². The Morgan fingerprint density at radius 2 is 2.06 bits per heavy atom. The number of aliphatic imine (C=N–C) groups is 2. The molecule has 0 radical (unpaired) electrons. The Labute approximate surface area is 117 Å². The van der Waals surface area contributed by atoms with Gasteiger partial charge >= 0.3 is 0 Å². The van der Waals surface area contributed by atoms with Crippen LogP contribution in [-0.2, 0) is 4.79 Å². The quantitative estimate of drug-likeness (QED) is 0.634. The van der Waals surface area contributed by atoms with E-state index in [1.807, 2.05) is 22.6 Å². The number of amides is 1. The van der Waals surface area contributed by atoms with Crippen LogP contribution in [0.2, 0.25) is 0 Å². The lowest BCUT2D eigenvalue weighted by molar-refractivity contribution is -0.116. The first-order valence-electron chi connectivity index (χ1n) is 5.02. The second-order valence-electron chi connectivity index (χ2n) is 3.40. The fraction of sp³-hybridized carbons (Fsp3) is 0.182. The van der Waals surface area contributed by atoms with Crippen molar-refractivity contribution in [2.45, 2.75) is 3.92 Å². The van der Waals surface area contributed by atoms with Gasteiger partial charge in [0.25, 0.3) is 5.91 Å². The van der Waals surface area contributed by atoms with Crippen LogP contribution < -0.4 is 15.2 Å². The van der Waals surface area contributed by atoms with E-state index < -0.39 is 3.92 Å². The molecule has 0 aromatic heterocycles. The molecule has 0 aliphatic carbocycles. The number of hydrogen-bond acceptors (Lipinski definition) is 5. The average molecular weight is 359 g/mol. The van der Waals surface area contributed by atoms with Crippen molar-refractivity contribution in [3.63, 3.8) is 0 Å². The largest absolute Gasteiger partial charge is 0.497 e. The van der Waals surface area contributed by atoms with Gasteiger partial charge in [-0.3, -0.25) is 4.79 Å². The zero-order valence-electron chi connectivity index (χ0n) is 9.46. The molecule has 1 amide bonds. The SMILES string of the molecule is COc1cccc(OC2=NC(N)=NC(=O)C2I)c1. The minimum absolute atomic E-state index is 0.0918. The molecule has 2 rings (SSSR count). The van der Waals surface area contributed by atoms with Gasteiger partial charge < -0.3 is 15.2 Å². The highest BCUT2D eigenvalue weighted by molar-refractivity contribution is 14.1. The van der Waals surface area contributed by atoms with Gasteiger partial charge in [0.1, 0.15) is 11.5 Å². The van der Waals surface area contributed by atoms with Crippen LogP contribution in [0.1, 0.15) is 0 Å². The summed E-state index contributed by atoms with van der Waals surface area (Å²) in [5.74, 6) is 0.937. The first-order chi connectivity index (χ1) is 8.60. The van der Waals surface area contributed by atoms with E-state index in [9.17, 15) is 4.79 Å². The standard InChI is InChI=1S/C11H10IN3O3/c1-17-6-3-2-4-7(5-6)18-10-8(12)9(16)14-11(13)15-10/h2-5,8H,1H3,(H2,13,14,16). The number of carbonyl (C=O) groups excluding carboxylic acids is 1. The highest BCUT2D eigenvalue weighted by Crippen LogP contribution is 2.21. The van der Waals surface area contributed by atoms with Crippen molar-refractivity contribution in [3.05, 3.63) is 24.3 Å². The molecule has 1 aromatic rings. The monoisotopic (exact) mass is 359 g/mol. The molecule has 1 aliphatic heterocycles. The molecule has 0 bridgehead atoms. The Morgan fingerprint density at radius 1 is 1.33 bits per heavy atom. The molecule has 7 heteroatoms.